The number of halogens is 11. The fourth-order valence-corrected chi connectivity index (χ4v) is 1.51. The van der Waals surface area contributed by atoms with Gasteiger partial charge in [0, 0.05) is 0 Å². The van der Waals surface area contributed by atoms with Gasteiger partial charge in [0.1, 0.15) is 0 Å². The van der Waals surface area contributed by atoms with E-state index in [1.54, 1.807) is 0 Å². The Morgan fingerprint density at radius 3 is 1.45 bits per heavy atom. The van der Waals surface area contributed by atoms with Crippen LogP contribution >= 0.6 is 0 Å². The van der Waals surface area contributed by atoms with Crippen molar-refractivity contribution in [2.24, 2.45) is 0 Å². The molecule has 0 aliphatic heterocycles. The lowest BCUT2D eigenvalue weighted by Gasteiger charge is -2.37. The molecule has 0 aromatic rings. The standard InChI is InChI=1S/C11H13F11/c1-2-3-4-5-6(12)8(15,16)10(19,20)11(21,22)9(17,18)7(13)14/h6-7H,2-5H2,1H3. The van der Waals surface area contributed by atoms with Gasteiger partial charge in [0.2, 0.25) is 0 Å². The van der Waals surface area contributed by atoms with Crippen molar-refractivity contribution in [3.05, 3.63) is 0 Å². The Balaban J connectivity index is 5.49. The van der Waals surface area contributed by atoms with Crippen molar-refractivity contribution in [2.75, 3.05) is 0 Å². The van der Waals surface area contributed by atoms with Crippen LogP contribution in [0.3, 0.4) is 0 Å². The average Bonchev–Trinajstić information content (AvgIpc) is 2.37. The highest BCUT2D eigenvalue weighted by Crippen LogP contribution is 2.55. The first kappa shape index (κ1) is 21.2. The summed E-state index contributed by atoms with van der Waals surface area (Å²) in [4.78, 5) is 0. The highest BCUT2D eigenvalue weighted by Gasteiger charge is 2.84. The first-order chi connectivity index (χ1) is 9.67. The van der Waals surface area contributed by atoms with E-state index in [0.29, 0.717) is 6.42 Å². The Labute approximate surface area is 118 Å². The van der Waals surface area contributed by atoms with E-state index in [9.17, 15) is 48.3 Å². The molecule has 1 unspecified atom stereocenters. The van der Waals surface area contributed by atoms with Gasteiger partial charge in [0.05, 0.1) is 0 Å². The molecule has 134 valence electrons. The molecule has 0 N–H and O–H groups in total. The van der Waals surface area contributed by atoms with Crippen LogP contribution in [0, 0.1) is 0 Å². The maximum atomic E-state index is 13.1. The second kappa shape index (κ2) is 6.77. The van der Waals surface area contributed by atoms with E-state index < -0.39 is 42.7 Å². The summed E-state index contributed by atoms with van der Waals surface area (Å²) >= 11 is 0. The first-order valence-electron chi connectivity index (χ1n) is 6.11. The zero-order valence-electron chi connectivity index (χ0n) is 11.1. The fourth-order valence-electron chi connectivity index (χ4n) is 1.51. The third kappa shape index (κ3) is 3.42. The van der Waals surface area contributed by atoms with Crippen molar-refractivity contribution < 1.29 is 48.3 Å². The SMILES string of the molecule is CCCCCC(F)C(F)(F)C(F)(F)C(F)(F)C(F)(F)C(F)F. The van der Waals surface area contributed by atoms with Gasteiger partial charge in [0.15, 0.2) is 6.17 Å². The van der Waals surface area contributed by atoms with Gasteiger partial charge in [-0.25, -0.2) is 13.2 Å². The molecule has 0 rings (SSSR count). The van der Waals surface area contributed by atoms with E-state index >= 15 is 0 Å². The molecule has 11 heteroatoms. The van der Waals surface area contributed by atoms with Crippen LogP contribution in [0.25, 0.3) is 0 Å². The number of hydrogen-bond acceptors (Lipinski definition) is 0. The summed E-state index contributed by atoms with van der Waals surface area (Å²) in [5.74, 6) is -27.1. The van der Waals surface area contributed by atoms with Crippen LogP contribution in [0.15, 0.2) is 0 Å². The van der Waals surface area contributed by atoms with Gasteiger partial charge in [-0.15, -0.1) is 0 Å². The molecule has 0 aromatic heterocycles. The Bertz CT molecular complexity index is 350. The Morgan fingerprint density at radius 1 is 0.682 bits per heavy atom. The Hall–Kier alpha value is -0.770. The summed E-state index contributed by atoms with van der Waals surface area (Å²) in [7, 11) is 0. The lowest BCUT2D eigenvalue weighted by atomic mass is 9.93. The molecule has 0 amide bonds. The average molecular weight is 354 g/mol. The van der Waals surface area contributed by atoms with Crippen LogP contribution in [0.2, 0.25) is 0 Å². The zero-order chi connectivity index (χ0) is 18.0. The number of hydrogen-bond donors (Lipinski definition) is 0. The van der Waals surface area contributed by atoms with Gasteiger partial charge in [-0.05, 0) is 6.42 Å². The maximum Gasteiger partial charge on any atom is 0.384 e. The molecule has 0 saturated heterocycles. The van der Waals surface area contributed by atoms with Crippen LogP contribution in [0.4, 0.5) is 48.3 Å². The number of alkyl halides is 11. The van der Waals surface area contributed by atoms with Crippen molar-refractivity contribution >= 4 is 0 Å². The first-order valence-corrected chi connectivity index (χ1v) is 6.11. The van der Waals surface area contributed by atoms with Crippen molar-refractivity contribution in [3.8, 4) is 0 Å². The molecular weight excluding hydrogens is 341 g/mol. The van der Waals surface area contributed by atoms with Crippen molar-refractivity contribution in [3.63, 3.8) is 0 Å². The summed E-state index contributed by atoms with van der Waals surface area (Å²) in [5, 5.41) is 0. The van der Waals surface area contributed by atoms with Crippen molar-refractivity contribution in [2.45, 2.75) is 68.9 Å². The molecule has 0 fully saturated rings. The highest BCUT2D eigenvalue weighted by atomic mass is 19.4. The van der Waals surface area contributed by atoms with Crippen molar-refractivity contribution in [1.29, 1.82) is 0 Å². The zero-order valence-corrected chi connectivity index (χ0v) is 11.1. The van der Waals surface area contributed by atoms with E-state index in [2.05, 4.69) is 0 Å². The van der Waals surface area contributed by atoms with Crippen LogP contribution in [-0.2, 0) is 0 Å². The van der Waals surface area contributed by atoms with E-state index in [1.807, 2.05) is 0 Å². The normalized spacial score (nSPS) is 16.2. The molecular formula is C11H13F11. The molecule has 0 spiro atoms. The number of rotatable bonds is 9. The second-order valence-electron chi connectivity index (χ2n) is 4.66. The largest absolute Gasteiger partial charge is 0.384 e. The van der Waals surface area contributed by atoms with E-state index in [0.717, 1.165) is 0 Å². The minimum absolute atomic E-state index is 0.103. The highest BCUT2D eigenvalue weighted by molar-refractivity contribution is 5.06. The molecule has 0 aliphatic rings. The lowest BCUT2D eigenvalue weighted by Crippen LogP contribution is -2.66. The molecule has 1 atom stereocenters. The lowest BCUT2D eigenvalue weighted by molar-refractivity contribution is -0.391. The fraction of sp³-hybridized carbons (Fsp3) is 1.00. The van der Waals surface area contributed by atoms with Gasteiger partial charge < -0.3 is 0 Å². The maximum absolute atomic E-state index is 13.1. The van der Waals surface area contributed by atoms with Crippen LogP contribution in [0.1, 0.15) is 32.6 Å². The summed E-state index contributed by atoms with van der Waals surface area (Å²) < 4.78 is 140. The van der Waals surface area contributed by atoms with Gasteiger partial charge in [0.25, 0.3) is 0 Å². The minimum Gasteiger partial charge on any atom is -0.241 e. The van der Waals surface area contributed by atoms with E-state index in [-0.39, 0.29) is 12.8 Å². The molecule has 0 bridgehead atoms. The van der Waals surface area contributed by atoms with Crippen LogP contribution in [-0.4, -0.2) is 36.3 Å². The molecule has 0 nitrogen and oxygen atoms in total. The topological polar surface area (TPSA) is 0 Å². The van der Waals surface area contributed by atoms with Crippen LogP contribution < -0.4 is 0 Å². The minimum atomic E-state index is -7.13. The summed E-state index contributed by atoms with van der Waals surface area (Å²) in [5.41, 5.74) is 0. The van der Waals surface area contributed by atoms with E-state index in [1.165, 1.54) is 6.92 Å². The van der Waals surface area contributed by atoms with Gasteiger partial charge >= 0.3 is 30.1 Å². The predicted octanol–water partition coefficient (Wildman–Crippen LogP) is 5.71. The Morgan fingerprint density at radius 2 is 1.09 bits per heavy atom. The van der Waals surface area contributed by atoms with Crippen LogP contribution in [0.5, 0.6) is 0 Å². The molecule has 0 saturated carbocycles. The van der Waals surface area contributed by atoms with E-state index in [4.69, 9.17) is 0 Å². The Kier molecular flexibility index (Phi) is 6.54. The molecule has 22 heavy (non-hydrogen) atoms. The molecule has 0 heterocycles. The van der Waals surface area contributed by atoms with Crippen molar-refractivity contribution in [1.82, 2.24) is 0 Å². The summed E-state index contributed by atoms with van der Waals surface area (Å²) in [6, 6.07) is 0. The third-order valence-electron chi connectivity index (χ3n) is 2.96. The van der Waals surface area contributed by atoms with Gasteiger partial charge in [-0.2, -0.15) is 35.1 Å². The third-order valence-corrected chi connectivity index (χ3v) is 2.96. The smallest absolute Gasteiger partial charge is 0.241 e. The van der Waals surface area contributed by atoms with Gasteiger partial charge in [-0.1, -0.05) is 26.2 Å². The summed E-state index contributed by atoms with van der Waals surface area (Å²) in [6.45, 7) is 1.54. The predicted molar refractivity (Wildman–Crippen MR) is 54.8 cm³/mol. The summed E-state index contributed by atoms with van der Waals surface area (Å²) in [6.07, 6.45) is -10.4. The quantitative estimate of drug-likeness (QED) is 0.367. The molecule has 0 aliphatic carbocycles. The number of unbranched alkanes of at least 4 members (excludes halogenated alkanes) is 2. The molecule has 0 aromatic carbocycles. The van der Waals surface area contributed by atoms with Gasteiger partial charge in [-0.3, -0.25) is 0 Å². The second-order valence-corrected chi connectivity index (χ2v) is 4.66. The molecule has 0 radical (unpaired) electrons. The monoisotopic (exact) mass is 354 g/mol.